The first-order valence-electron chi connectivity index (χ1n) is 6.48. The summed E-state index contributed by atoms with van der Waals surface area (Å²) < 4.78 is 13.4. The van der Waals surface area contributed by atoms with E-state index in [-0.39, 0.29) is 11.9 Å². The molecule has 1 atom stereocenters. The van der Waals surface area contributed by atoms with Crippen molar-refractivity contribution < 1.29 is 4.39 Å². The molecule has 2 aromatic carbocycles. The Morgan fingerprint density at radius 3 is 2.55 bits per heavy atom. The summed E-state index contributed by atoms with van der Waals surface area (Å²) in [4.78, 5) is 0. The number of aryl methyl sites for hydroxylation is 2. The number of halogens is 2. The van der Waals surface area contributed by atoms with E-state index in [9.17, 15) is 4.39 Å². The molecule has 2 nitrogen and oxygen atoms in total. The average molecular weight is 293 g/mol. The molecule has 0 spiro atoms. The van der Waals surface area contributed by atoms with Gasteiger partial charge in [0.15, 0.2) is 0 Å². The average Bonchev–Trinajstić information content (AvgIpc) is 2.43. The highest BCUT2D eigenvalue weighted by molar-refractivity contribution is 6.31. The third-order valence-corrected chi connectivity index (χ3v) is 3.89. The molecule has 0 bridgehead atoms. The summed E-state index contributed by atoms with van der Waals surface area (Å²) in [5, 5.41) is 0.512. The number of benzene rings is 2. The minimum atomic E-state index is -0.315. The zero-order valence-electron chi connectivity index (χ0n) is 11.6. The highest BCUT2D eigenvalue weighted by Gasteiger charge is 2.15. The van der Waals surface area contributed by atoms with Crippen LogP contribution in [0.3, 0.4) is 0 Å². The van der Waals surface area contributed by atoms with Crippen LogP contribution in [0, 0.1) is 19.7 Å². The van der Waals surface area contributed by atoms with E-state index >= 15 is 0 Å². The van der Waals surface area contributed by atoms with Crippen LogP contribution in [0.5, 0.6) is 0 Å². The number of hydrazine groups is 1. The lowest BCUT2D eigenvalue weighted by Crippen LogP contribution is -2.30. The molecule has 4 heteroatoms. The molecule has 0 aliphatic heterocycles. The van der Waals surface area contributed by atoms with Gasteiger partial charge in [0.1, 0.15) is 5.82 Å². The number of nitrogens with one attached hydrogen (secondary N) is 1. The molecule has 0 fully saturated rings. The maximum atomic E-state index is 13.4. The van der Waals surface area contributed by atoms with Gasteiger partial charge in [0, 0.05) is 5.02 Å². The first kappa shape index (κ1) is 15.0. The predicted molar refractivity (Wildman–Crippen MR) is 81.1 cm³/mol. The Bertz CT molecular complexity index is 613. The molecule has 2 aromatic rings. The van der Waals surface area contributed by atoms with Gasteiger partial charge in [-0.3, -0.25) is 11.3 Å². The Kier molecular flexibility index (Phi) is 4.76. The van der Waals surface area contributed by atoms with E-state index in [1.165, 1.54) is 23.3 Å². The highest BCUT2D eigenvalue weighted by atomic mass is 35.5. The number of rotatable bonds is 4. The lowest BCUT2D eigenvalue weighted by Gasteiger charge is -2.18. The summed E-state index contributed by atoms with van der Waals surface area (Å²) in [6.45, 7) is 4.14. The molecule has 1 unspecified atom stereocenters. The zero-order chi connectivity index (χ0) is 14.7. The van der Waals surface area contributed by atoms with Crippen molar-refractivity contribution in [2.24, 2.45) is 5.84 Å². The van der Waals surface area contributed by atoms with Crippen LogP contribution in [0.1, 0.15) is 28.3 Å². The summed E-state index contributed by atoms with van der Waals surface area (Å²) in [5.74, 6) is 5.29. The summed E-state index contributed by atoms with van der Waals surface area (Å²) in [7, 11) is 0. The van der Waals surface area contributed by atoms with Crippen LogP contribution in [-0.2, 0) is 6.42 Å². The quantitative estimate of drug-likeness (QED) is 0.664. The molecule has 2 rings (SSSR count). The predicted octanol–water partition coefficient (Wildman–Crippen LogP) is 3.84. The van der Waals surface area contributed by atoms with Crippen molar-refractivity contribution in [3.63, 3.8) is 0 Å². The molecule has 0 aromatic heterocycles. The van der Waals surface area contributed by atoms with E-state index in [1.807, 2.05) is 0 Å². The van der Waals surface area contributed by atoms with E-state index in [0.29, 0.717) is 17.0 Å². The van der Waals surface area contributed by atoms with Crippen molar-refractivity contribution in [1.82, 2.24) is 5.43 Å². The van der Waals surface area contributed by atoms with E-state index < -0.39 is 0 Å². The monoisotopic (exact) mass is 292 g/mol. The Morgan fingerprint density at radius 1 is 1.15 bits per heavy atom. The van der Waals surface area contributed by atoms with Gasteiger partial charge in [0.05, 0.1) is 6.04 Å². The molecule has 0 saturated heterocycles. The highest BCUT2D eigenvalue weighted by Crippen LogP contribution is 2.26. The first-order valence-corrected chi connectivity index (χ1v) is 6.86. The molecule has 0 aliphatic carbocycles. The van der Waals surface area contributed by atoms with Gasteiger partial charge >= 0.3 is 0 Å². The SMILES string of the molecule is Cc1ccc(CC(NN)c2cc(F)ccc2Cl)cc1C. The standard InChI is InChI=1S/C16H18ClFN2/c1-10-3-4-12(7-11(10)2)8-16(20-19)14-9-13(18)5-6-15(14)17/h3-7,9,16,20H,8,19H2,1-2H3. The molecule has 0 saturated carbocycles. The molecule has 106 valence electrons. The van der Waals surface area contributed by atoms with Crippen LogP contribution in [0.15, 0.2) is 36.4 Å². The fourth-order valence-electron chi connectivity index (χ4n) is 2.21. The minimum absolute atomic E-state index is 0.222. The second kappa shape index (κ2) is 6.35. The Morgan fingerprint density at radius 2 is 1.90 bits per heavy atom. The molecule has 20 heavy (non-hydrogen) atoms. The molecular weight excluding hydrogens is 275 g/mol. The van der Waals surface area contributed by atoms with E-state index in [0.717, 1.165) is 5.56 Å². The van der Waals surface area contributed by atoms with Gasteiger partial charge < -0.3 is 0 Å². The lowest BCUT2D eigenvalue weighted by atomic mass is 9.97. The Labute approximate surface area is 123 Å². The van der Waals surface area contributed by atoms with Gasteiger partial charge in [-0.2, -0.15) is 0 Å². The van der Waals surface area contributed by atoms with E-state index in [4.69, 9.17) is 17.4 Å². The number of hydrogen-bond donors (Lipinski definition) is 2. The van der Waals surface area contributed by atoms with Crippen LogP contribution in [0.4, 0.5) is 4.39 Å². The second-order valence-corrected chi connectivity index (χ2v) is 5.42. The van der Waals surface area contributed by atoms with Gasteiger partial charge in [-0.05, 0) is 60.7 Å². The smallest absolute Gasteiger partial charge is 0.123 e. The fourth-order valence-corrected chi connectivity index (χ4v) is 2.46. The second-order valence-electron chi connectivity index (χ2n) is 5.01. The van der Waals surface area contributed by atoms with Gasteiger partial charge in [-0.1, -0.05) is 29.8 Å². The maximum Gasteiger partial charge on any atom is 0.123 e. The fraction of sp³-hybridized carbons (Fsp3) is 0.250. The van der Waals surface area contributed by atoms with Crippen molar-refractivity contribution in [3.05, 3.63) is 69.5 Å². The topological polar surface area (TPSA) is 38.0 Å². The third kappa shape index (κ3) is 3.37. The maximum absolute atomic E-state index is 13.4. The normalized spacial score (nSPS) is 12.4. The summed E-state index contributed by atoms with van der Waals surface area (Å²) in [5.41, 5.74) is 7.00. The van der Waals surface area contributed by atoms with Crippen molar-refractivity contribution >= 4 is 11.6 Å². The molecule has 0 amide bonds. The largest absolute Gasteiger partial charge is 0.271 e. The minimum Gasteiger partial charge on any atom is -0.271 e. The van der Waals surface area contributed by atoms with Crippen LogP contribution in [-0.4, -0.2) is 0 Å². The van der Waals surface area contributed by atoms with Gasteiger partial charge in [0.25, 0.3) is 0 Å². The number of hydrogen-bond acceptors (Lipinski definition) is 2. The molecule has 0 aliphatic rings. The van der Waals surface area contributed by atoms with Crippen LogP contribution in [0.25, 0.3) is 0 Å². The summed E-state index contributed by atoms with van der Waals surface area (Å²) >= 11 is 6.13. The van der Waals surface area contributed by atoms with Crippen molar-refractivity contribution in [1.29, 1.82) is 0 Å². The Hall–Kier alpha value is -1.42. The van der Waals surface area contributed by atoms with Crippen molar-refractivity contribution in [3.8, 4) is 0 Å². The third-order valence-electron chi connectivity index (χ3n) is 3.55. The zero-order valence-corrected chi connectivity index (χ0v) is 12.3. The van der Waals surface area contributed by atoms with E-state index in [2.05, 4.69) is 37.5 Å². The van der Waals surface area contributed by atoms with Gasteiger partial charge in [-0.15, -0.1) is 0 Å². The summed E-state index contributed by atoms with van der Waals surface area (Å²) in [6.07, 6.45) is 0.654. The van der Waals surface area contributed by atoms with Crippen LogP contribution in [0.2, 0.25) is 5.02 Å². The van der Waals surface area contributed by atoms with Gasteiger partial charge in [-0.25, -0.2) is 4.39 Å². The first-order chi connectivity index (χ1) is 9.51. The molecule has 3 N–H and O–H groups in total. The summed E-state index contributed by atoms with van der Waals surface area (Å²) in [6, 6.07) is 10.3. The van der Waals surface area contributed by atoms with Gasteiger partial charge in [0.2, 0.25) is 0 Å². The molecule has 0 heterocycles. The molecular formula is C16H18ClFN2. The van der Waals surface area contributed by atoms with Crippen molar-refractivity contribution in [2.75, 3.05) is 0 Å². The van der Waals surface area contributed by atoms with Crippen LogP contribution >= 0.6 is 11.6 Å². The Balaban J connectivity index is 2.28. The molecule has 0 radical (unpaired) electrons. The van der Waals surface area contributed by atoms with E-state index in [1.54, 1.807) is 6.07 Å². The van der Waals surface area contributed by atoms with Crippen LogP contribution < -0.4 is 11.3 Å². The lowest BCUT2D eigenvalue weighted by molar-refractivity contribution is 0.544. The number of nitrogens with two attached hydrogens (primary N) is 1. The van der Waals surface area contributed by atoms with Crippen molar-refractivity contribution in [2.45, 2.75) is 26.3 Å².